The summed E-state index contributed by atoms with van der Waals surface area (Å²) in [6.07, 6.45) is 6.23. The third kappa shape index (κ3) is 21.7. The maximum atomic E-state index is 14.7. The van der Waals surface area contributed by atoms with E-state index in [-0.39, 0.29) is 67.3 Å². The van der Waals surface area contributed by atoms with E-state index in [0.717, 1.165) is 35.7 Å². The first kappa shape index (κ1) is 70.4. The number of likely N-dealkylation sites (N-methyl/N-ethyl adjacent to an activating group) is 2. The van der Waals surface area contributed by atoms with E-state index in [1.165, 1.54) is 5.06 Å². The monoisotopic (exact) mass is 1170 g/mol. The number of amides is 6. The number of rotatable bonds is 39. The minimum Gasteiger partial charge on any atom is -0.480 e. The zero-order chi connectivity index (χ0) is 61.2. The summed E-state index contributed by atoms with van der Waals surface area (Å²) in [7, 11) is 6.80. The zero-order valence-electron chi connectivity index (χ0n) is 51.5. The summed E-state index contributed by atoms with van der Waals surface area (Å²) in [6.45, 7) is 17.6. The number of aromatic nitrogens is 1. The number of benzene rings is 1. The number of unbranched alkanes of at least 4 members (excludes halogenated alkanes) is 1. The van der Waals surface area contributed by atoms with Gasteiger partial charge in [-0.25, -0.2) is 5.06 Å². The van der Waals surface area contributed by atoms with Crippen molar-refractivity contribution in [2.45, 2.75) is 168 Å². The van der Waals surface area contributed by atoms with Crippen LogP contribution in [0.1, 0.15) is 118 Å². The van der Waals surface area contributed by atoms with E-state index >= 15 is 0 Å². The number of nitrogens with one attached hydrogen (secondary N) is 4. The molecule has 0 saturated carbocycles. The minimum atomic E-state index is -1.03. The van der Waals surface area contributed by atoms with Crippen molar-refractivity contribution < 1.29 is 67.2 Å². The summed E-state index contributed by atoms with van der Waals surface area (Å²) in [6, 6.07) is 3.75. The van der Waals surface area contributed by atoms with Gasteiger partial charge < -0.3 is 55.0 Å². The molecule has 0 unspecified atom stereocenters. The Balaban J connectivity index is 1.30. The number of carboxylic acids is 1. The van der Waals surface area contributed by atoms with Crippen LogP contribution in [0, 0.1) is 23.7 Å². The van der Waals surface area contributed by atoms with Crippen molar-refractivity contribution in [3.05, 3.63) is 36.0 Å². The number of carboxylic acid groups (broad SMARTS) is 1. The number of H-pyrrole nitrogens is 1. The van der Waals surface area contributed by atoms with Crippen molar-refractivity contribution >= 4 is 52.3 Å². The third-order valence-electron chi connectivity index (χ3n) is 16.2. The lowest BCUT2D eigenvalue weighted by Gasteiger charge is -2.43. The van der Waals surface area contributed by atoms with Crippen molar-refractivity contribution in [1.29, 1.82) is 0 Å². The van der Waals surface area contributed by atoms with Crippen LogP contribution in [0.4, 0.5) is 0 Å². The van der Waals surface area contributed by atoms with Crippen LogP contribution in [0.5, 0.6) is 0 Å². The number of nitrogens with zero attached hydrogens (tertiary/aromatic N) is 4. The number of aliphatic carboxylic acids is 1. The number of nitrogens with two attached hydrogens (primary N) is 1. The molecule has 23 nitrogen and oxygen atoms in total. The summed E-state index contributed by atoms with van der Waals surface area (Å²) < 4.78 is 29.2. The second kappa shape index (κ2) is 36.7. The molecule has 4 rings (SSSR count). The van der Waals surface area contributed by atoms with E-state index in [2.05, 4.69) is 34.8 Å². The predicted molar refractivity (Wildman–Crippen MR) is 315 cm³/mol. The standard InChI is InChI=1S/C60H101N9O14/c1-12-41(6)54(67(9)53(40(4)5)58(74)65-57(73)52(39(2)3)66(8)28-31-81-33-35-82-34-32-80-30-24-50(70)62-25-16-15-21-45(61)60(76)77)49(78-10)37-51(71)68-26-19-23-48(68)55(79-11)42(7)56(72)64-47(59(75)69-27-17-18-29-83-69)36-43-38-63-46-22-14-13-20-44(43)46/h13-14,20,22,38-42,45,47-49,52-55,63H,12,15-19,21,23-37,61H2,1-11H3,(H,62,70)(H,64,72)(H,76,77)(H,65,73,74)/t41-,42+,45-,47-,48-,49+,52-,53-,54-,55+/m0/s1. The molecule has 2 saturated heterocycles. The first-order valence-corrected chi connectivity index (χ1v) is 30.1. The molecule has 23 heteroatoms. The van der Waals surface area contributed by atoms with E-state index in [9.17, 15) is 33.6 Å². The Bertz CT molecular complexity index is 2310. The van der Waals surface area contributed by atoms with Crippen LogP contribution in [0.3, 0.4) is 0 Å². The predicted octanol–water partition coefficient (Wildman–Crippen LogP) is 3.91. The van der Waals surface area contributed by atoms with E-state index in [1.807, 2.05) is 82.1 Å². The smallest absolute Gasteiger partial charge is 0.320 e. The third-order valence-corrected chi connectivity index (χ3v) is 16.2. The molecule has 2 aliphatic heterocycles. The fraction of sp³-hybridized carbons (Fsp3) is 0.750. The molecule has 0 aliphatic carbocycles. The van der Waals surface area contributed by atoms with Crippen molar-refractivity contribution in [2.24, 2.45) is 29.4 Å². The molecule has 3 heterocycles. The molecule has 0 spiro atoms. The van der Waals surface area contributed by atoms with Crippen LogP contribution < -0.4 is 21.7 Å². The number of carbonyl (C=O) groups is 7. The first-order valence-electron chi connectivity index (χ1n) is 30.1. The van der Waals surface area contributed by atoms with E-state index in [4.69, 9.17) is 39.4 Å². The normalized spacial score (nSPS) is 18.2. The van der Waals surface area contributed by atoms with Crippen molar-refractivity contribution in [2.75, 3.05) is 101 Å². The van der Waals surface area contributed by atoms with Gasteiger partial charge in [0.15, 0.2) is 0 Å². The van der Waals surface area contributed by atoms with Crippen molar-refractivity contribution in [1.82, 2.24) is 40.7 Å². The zero-order valence-corrected chi connectivity index (χ0v) is 51.5. The lowest BCUT2D eigenvalue weighted by atomic mass is 9.87. The number of methoxy groups -OCH3 is 2. The van der Waals surface area contributed by atoms with Crippen LogP contribution in [-0.4, -0.2) is 220 Å². The van der Waals surface area contributed by atoms with Gasteiger partial charge in [-0.3, -0.25) is 53.5 Å². The number of aromatic amines is 1. The largest absolute Gasteiger partial charge is 0.480 e. The molecule has 470 valence electrons. The molecule has 1 aromatic heterocycles. The van der Waals surface area contributed by atoms with Gasteiger partial charge in [-0.15, -0.1) is 0 Å². The van der Waals surface area contributed by atoms with Gasteiger partial charge in [-0.1, -0.05) is 73.1 Å². The fourth-order valence-electron chi connectivity index (χ4n) is 11.6. The lowest BCUT2D eigenvalue weighted by molar-refractivity contribution is -0.199. The highest BCUT2D eigenvalue weighted by Gasteiger charge is 2.44. The van der Waals surface area contributed by atoms with Gasteiger partial charge in [-0.2, -0.15) is 0 Å². The highest BCUT2D eigenvalue weighted by Crippen LogP contribution is 2.31. The molecular formula is C60H101N9O14. The minimum absolute atomic E-state index is 0.00430. The Morgan fingerprint density at radius 2 is 1.49 bits per heavy atom. The molecule has 7 N–H and O–H groups in total. The Hall–Kier alpha value is -5.11. The topological polar surface area (TPSA) is 286 Å². The van der Waals surface area contributed by atoms with Crippen LogP contribution in [0.25, 0.3) is 10.9 Å². The Morgan fingerprint density at radius 1 is 0.831 bits per heavy atom. The van der Waals surface area contributed by atoms with Crippen LogP contribution in [0.2, 0.25) is 0 Å². The molecule has 2 aliphatic rings. The quantitative estimate of drug-likeness (QED) is 0.0518. The van der Waals surface area contributed by atoms with Crippen LogP contribution >= 0.6 is 0 Å². The van der Waals surface area contributed by atoms with E-state index in [0.29, 0.717) is 97.9 Å². The van der Waals surface area contributed by atoms with Crippen LogP contribution in [0.15, 0.2) is 30.5 Å². The molecule has 83 heavy (non-hydrogen) atoms. The molecule has 2 aromatic rings. The second-order valence-corrected chi connectivity index (χ2v) is 23.0. The number of para-hydroxylation sites is 1. The lowest BCUT2D eigenvalue weighted by Crippen LogP contribution is -2.60. The van der Waals surface area contributed by atoms with Gasteiger partial charge in [0.25, 0.3) is 5.91 Å². The van der Waals surface area contributed by atoms with Gasteiger partial charge in [0.05, 0.1) is 88.9 Å². The summed E-state index contributed by atoms with van der Waals surface area (Å²) in [4.78, 5) is 109. The van der Waals surface area contributed by atoms with Gasteiger partial charge in [-0.05, 0) is 88.4 Å². The van der Waals surface area contributed by atoms with Gasteiger partial charge in [0.2, 0.25) is 29.5 Å². The van der Waals surface area contributed by atoms with Crippen molar-refractivity contribution in [3.8, 4) is 0 Å². The first-order chi connectivity index (χ1) is 39.7. The van der Waals surface area contributed by atoms with Gasteiger partial charge >= 0.3 is 5.97 Å². The van der Waals surface area contributed by atoms with Crippen molar-refractivity contribution in [3.63, 3.8) is 0 Å². The summed E-state index contributed by atoms with van der Waals surface area (Å²) in [5.74, 6) is -4.09. The molecule has 0 radical (unpaired) electrons. The molecule has 10 atom stereocenters. The van der Waals surface area contributed by atoms with E-state index in [1.54, 1.807) is 26.0 Å². The number of hydrogen-bond donors (Lipinski definition) is 6. The molecule has 1 aromatic carbocycles. The Labute approximate surface area is 492 Å². The average Bonchev–Trinajstić information content (AvgIpc) is 4.38. The van der Waals surface area contributed by atoms with Crippen LogP contribution in [-0.2, 0) is 68.5 Å². The summed E-state index contributed by atoms with van der Waals surface area (Å²) in [5, 5.41) is 19.8. The maximum absolute atomic E-state index is 14.7. The maximum Gasteiger partial charge on any atom is 0.320 e. The number of ether oxygens (including phenoxy) is 5. The Kier molecular flexibility index (Phi) is 31.1. The van der Waals surface area contributed by atoms with E-state index < -0.39 is 72.2 Å². The summed E-state index contributed by atoms with van der Waals surface area (Å²) >= 11 is 0. The number of imide groups is 1. The molecular weight excluding hydrogens is 1070 g/mol. The number of hydroxylamine groups is 2. The average molecular weight is 1170 g/mol. The van der Waals surface area contributed by atoms with Gasteiger partial charge in [0, 0.05) is 76.4 Å². The molecule has 6 amide bonds. The molecule has 0 bridgehead atoms. The number of likely N-dealkylation sites (tertiary alicyclic amines) is 1. The highest BCUT2D eigenvalue weighted by molar-refractivity contribution is 6.00. The molecule has 2 fully saturated rings. The number of fused-ring (bicyclic) bond motifs is 1. The Morgan fingerprint density at radius 3 is 2.12 bits per heavy atom. The SMILES string of the molecule is CC[C@H](C)[C@@H]([C@@H](CC(=O)N1CCC[C@H]1[C@H](OC)[C@@H](C)C(=O)N[C@@H](Cc1c[nH]c2ccccc12)C(=O)N1CCCCO1)OC)N(C)[C@H](C(=O)NC(=O)[C@H](C(C)C)N(C)CCOCCOCCOCCC(=O)NCCCC[C@H](N)C(=O)O)C(C)C. The second-order valence-electron chi connectivity index (χ2n) is 23.0. The highest BCUT2D eigenvalue weighted by atomic mass is 16.7. The number of hydrogen-bond acceptors (Lipinski definition) is 16. The number of carbonyl (C=O) groups excluding carboxylic acids is 6. The fourth-order valence-corrected chi connectivity index (χ4v) is 11.6. The summed E-state index contributed by atoms with van der Waals surface area (Å²) in [5.41, 5.74) is 7.31. The van der Waals surface area contributed by atoms with Gasteiger partial charge in [0.1, 0.15) is 12.1 Å².